The van der Waals surface area contributed by atoms with Crippen LogP contribution in [0.25, 0.3) is 11.3 Å². The van der Waals surface area contributed by atoms with Crippen molar-refractivity contribution in [1.29, 1.82) is 0 Å². The van der Waals surface area contributed by atoms with Crippen LogP contribution in [0.4, 0.5) is 5.95 Å². The molecule has 8 nitrogen and oxygen atoms in total. The van der Waals surface area contributed by atoms with Gasteiger partial charge in [0, 0.05) is 17.2 Å². The van der Waals surface area contributed by atoms with E-state index in [-0.39, 0.29) is 40.3 Å². The van der Waals surface area contributed by atoms with Gasteiger partial charge in [0.15, 0.2) is 0 Å². The van der Waals surface area contributed by atoms with E-state index in [1.165, 1.54) is 12.1 Å². The first kappa shape index (κ1) is 22.3. The normalized spacial score (nSPS) is 21.4. The molecule has 2 aromatic carbocycles. The van der Waals surface area contributed by atoms with Crippen LogP contribution in [-0.2, 0) is 10.0 Å². The maximum atomic E-state index is 13.1. The van der Waals surface area contributed by atoms with E-state index in [2.05, 4.69) is 20.0 Å². The highest BCUT2D eigenvalue weighted by Crippen LogP contribution is 2.31. The summed E-state index contributed by atoms with van der Waals surface area (Å²) < 4.78 is 35.1. The number of nitrogens with zero attached hydrogens (tertiary/aromatic N) is 2. The van der Waals surface area contributed by atoms with Crippen molar-refractivity contribution in [3.63, 3.8) is 0 Å². The number of anilines is 1. The number of aryl methyl sites for hydroxylation is 2. The third-order valence-corrected chi connectivity index (χ3v) is 7.69. The lowest BCUT2D eigenvalue weighted by atomic mass is 9.92. The van der Waals surface area contributed by atoms with Gasteiger partial charge in [0.2, 0.25) is 11.8 Å². The largest absolute Gasteiger partial charge is 0.472 e. The summed E-state index contributed by atoms with van der Waals surface area (Å²) in [4.78, 5) is 21.8. The maximum Gasteiger partial charge on any atom is 0.264 e. The van der Waals surface area contributed by atoms with E-state index < -0.39 is 10.0 Å². The molecule has 34 heavy (non-hydrogen) atoms. The number of aromatic nitrogens is 2. The van der Waals surface area contributed by atoms with Gasteiger partial charge in [-0.2, -0.15) is 4.98 Å². The van der Waals surface area contributed by atoms with Crippen LogP contribution < -0.4 is 14.8 Å². The molecule has 1 aromatic heterocycles. The highest BCUT2D eigenvalue weighted by molar-refractivity contribution is 7.92. The molecule has 1 aliphatic carbocycles. The molecule has 4 bridgehead atoms. The molecule has 2 heterocycles. The zero-order valence-corrected chi connectivity index (χ0v) is 19.9. The van der Waals surface area contributed by atoms with Crippen LogP contribution in [0.2, 0.25) is 0 Å². The minimum absolute atomic E-state index is 0.0388. The molecule has 176 valence electrons. The Balaban J connectivity index is 1.68. The van der Waals surface area contributed by atoms with Crippen LogP contribution in [-0.4, -0.2) is 36.4 Å². The molecule has 1 saturated carbocycles. The quantitative estimate of drug-likeness (QED) is 0.547. The highest BCUT2D eigenvalue weighted by atomic mass is 32.2. The van der Waals surface area contributed by atoms with E-state index in [0.717, 1.165) is 42.4 Å². The minimum atomic E-state index is -4.04. The average molecular weight is 479 g/mol. The van der Waals surface area contributed by atoms with Crippen molar-refractivity contribution < 1.29 is 17.9 Å². The lowest BCUT2D eigenvalue weighted by molar-refractivity contribution is 0.0785. The summed E-state index contributed by atoms with van der Waals surface area (Å²) in [6.45, 7) is 3.96. The number of fused-ring (bicyclic) bond motifs is 5. The summed E-state index contributed by atoms with van der Waals surface area (Å²) in [5.74, 6) is -0.139. The fraction of sp³-hybridized carbons (Fsp3) is 0.320. The summed E-state index contributed by atoms with van der Waals surface area (Å²) in [6, 6.07) is 13.4. The number of hydrogen-bond donors (Lipinski definition) is 2. The Morgan fingerprint density at radius 3 is 2.50 bits per heavy atom. The van der Waals surface area contributed by atoms with Gasteiger partial charge < -0.3 is 10.1 Å². The summed E-state index contributed by atoms with van der Waals surface area (Å²) in [7, 11) is -4.04. The van der Waals surface area contributed by atoms with E-state index in [9.17, 15) is 13.2 Å². The van der Waals surface area contributed by atoms with Crippen LogP contribution >= 0.6 is 0 Å². The van der Waals surface area contributed by atoms with Gasteiger partial charge in [-0.05, 0) is 62.4 Å². The van der Waals surface area contributed by atoms with Crippen molar-refractivity contribution in [2.75, 3.05) is 4.72 Å². The Bertz CT molecular complexity index is 1350. The number of rotatable bonds is 1. The second-order valence-corrected chi connectivity index (χ2v) is 10.5. The van der Waals surface area contributed by atoms with Gasteiger partial charge in [-0.25, -0.2) is 18.1 Å². The zero-order chi connectivity index (χ0) is 23.9. The van der Waals surface area contributed by atoms with Crippen molar-refractivity contribution in [2.45, 2.75) is 56.6 Å². The highest BCUT2D eigenvalue weighted by Gasteiger charge is 2.30. The Hall–Kier alpha value is -3.46. The van der Waals surface area contributed by atoms with Crippen LogP contribution in [0.1, 0.15) is 47.2 Å². The molecule has 2 atom stereocenters. The van der Waals surface area contributed by atoms with Crippen LogP contribution in [0.5, 0.6) is 5.88 Å². The smallest absolute Gasteiger partial charge is 0.264 e. The van der Waals surface area contributed by atoms with E-state index >= 15 is 0 Å². The Morgan fingerprint density at radius 2 is 1.71 bits per heavy atom. The van der Waals surface area contributed by atoms with E-state index in [0.29, 0.717) is 5.69 Å². The first-order chi connectivity index (χ1) is 16.3. The molecule has 9 heteroatoms. The molecule has 1 amide bonds. The molecular formula is C25H26N4O4S. The van der Waals surface area contributed by atoms with Gasteiger partial charge in [0.1, 0.15) is 6.10 Å². The second kappa shape index (κ2) is 8.72. The summed E-state index contributed by atoms with van der Waals surface area (Å²) >= 11 is 0. The third kappa shape index (κ3) is 4.35. The Kier molecular flexibility index (Phi) is 5.73. The minimum Gasteiger partial charge on any atom is -0.472 e. The van der Waals surface area contributed by atoms with E-state index in [4.69, 9.17) is 4.74 Å². The van der Waals surface area contributed by atoms with Crippen LogP contribution in [0.3, 0.4) is 0 Å². The molecule has 1 fully saturated rings. The number of ether oxygens (including phenoxy) is 1. The summed E-state index contributed by atoms with van der Waals surface area (Å²) in [5, 5.41) is 3.04. The number of nitrogens with one attached hydrogen (secondary N) is 2. The van der Waals surface area contributed by atoms with Gasteiger partial charge >= 0.3 is 0 Å². The van der Waals surface area contributed by atoms with Crippen LogP contribution in [0, 0.1) is 13.8 Å². The summed E-state index contributed by atoms with van der Waals surface area (Å²) in [5.41, 5.74) is 3.75. The number of carbonyl (C=O) groups is 1. The predicted molar refractivity (Wildman–Crippen MR) is 128 cm³/mol. The lowest BCUT2D eigenvalue weighted by Gasteiger charge is -2.32. The third-order valence-electron chi connectivity index (χ3n) is 6.36. The Morgan fingerprint density at radius 1 is 0.971 bits per heavy atom. The zero-order valence-electron chi connectivity index (χ0n) is 19.0. The van der Waals surface area contributed by atoms with E-state index in [1.807, 2.05) is 32.0 Å². The molecule has 3 aromatic rings. The average Bonchev–Trinajstić information content (AvgIpc) is 2.79. The molecule has 0 unspecified atom stereocenters. The van der Waals surface area contributed by atoms with E-state index in [1.54, 1.807) is 18.2 Å². The van der Waals surface area contributed by atoms with Crippen LogP contribution in [0.15, 0.2) is 53.4 Å². The molecular weight excluding hydrogens is 452 g/mol. The first-order valence-corrected chi connectivity index (χ1v) is 12.8. The maximum absolute atomic E-state index is 13.1. The lowest BCUT2D eigenvalue weighted by Crippen LogP contribution is -2.47. The van der Waals surface area contributed by atoms with Gasteiger partial charge in [0.25, 0.3) is 15.9 Å². The molecule has 0 spiro atoms. The SMILES string of the molecule is Cc1cccc(C)c1-c1cc2nc(n1)NS(=O)(=O)c1cccc(c1)C(=O)N[C@H]1CCCC[C@@H]1O2. The molecule has 2 N–H and O–H groups in total. The number of amides is 1. The predicted octanol–water partition coefficient (Wildman–Crippen LogP) is 3.99. The fourth-order valence-electron chi connectivity index (χ4n) is 4.67. The second-order valence-electron chi connectivity index (χ2n) is 8.84. The first-order valence-electron chi connectivity index (χ1n) is 11.4. The molecule has 2 aliphatic rings. The molecule has 0 radical (unpaired) electrons. The van der Waals surface area contributed by atoms with Gasteiger partial charge in [-0.1, -0.05) is 30.7 Å². The van der Waals surface area contributed by atoms with Gasteiger partial charge in [-0.15, -0.1) is 0 Å². The monoisotopic (exact) mass is 478 g/mol. The molecule has 5 rings (SSSR count). The van der Waals surface area contributed by atoms with Crippen molar-refractivity contribution >= 4 is 21.9 Å². The number of hydrogen-bond acceptors (Lipinski definition) is 6. The van der Waals surface area contributed by atoms with Gasteiger partial charge in [-0.3, -0.25) is 4.79 Å². The molecule has 0 saturated heterocycles. The van der Waals surface area contributed by atoms with Crippen molar-refractivity contribution in [3.8, 4) is 17.1 Å². The van der Waals surface area contributed by atoms with Crippen molar-refractivity contribution in [1.82, 2.24) is 15.3 Å². The summed E-state index contributed by atoms with van der Waals surface area (Å²) in [6.07, 6.45) is 3.19. The number of sulfonamides is 1. The fourth-order valence-corrected chi connectivity index (χ4v) is 5.66. The number of benzene rings is 2. The number of carbonyl (C=O) groups excluding carboxylic acids is 1. The van der Waals surface area contributed by atoms with Crippen molar-refractivity contribution in [3.05, 3.63) is 65.2 Å². The van der Waals surface area contributed by atoms with Gasteiger partial charge in [0.05, 0.1) is 16.6 Å². The topological polar surface area (TPSA) is 110 Å². The van der Waals surface area contributed by atoms with Crippen molar-refractivity contribution in [2.24, 2.45) is 0 Å². The Labute approximate surface area is 198 Å². The molecule has 1 aliphatic heterocycles. The standard InChI is InChI=1S/C25H26N4O4S/c1-15-7-5-8-16(2)23(15)20-14-22-28-25(27-20)29-34(31,32)18-10-6-9-17(13-18)24(30)26-19-11-3-4-12-21(19)33-22/h5-10,13-14,19,21H,3-4,11-12H2,1-2H3,(H,26,30)(H,27,28,29)/t19-,21-/m0/s1.